The quantitative estimate of drug-likeness (QED) is 0.451. The fourth-order valence-corrected chi connectivity index (χ4v) is 4.25. The number of ether oxygens (including phenoxy) is 2. The van der Waals surface area contributed by atoms with Crippen LogP contribution >= 0.6 is 0 Å². The number of methoxy groups -OCH3 is 1. The van der Waals surface area contributed by atoms with Crippen LogP contribution in [0.4, 0.5) is 0 Å². The number of aryl methyl sites for hydroxylation is 1. The number of carbonyl (C=O) groups excluding carboxylic acids is 1. The van der Waals surface area contributed by atoms with Crippen molar-refractivity contribution in [3.05, 3.63) is 64.8 Å². The van der Waals surface area contributed by atoms with Crippen molar-refractivity contribution >= 4 is 5.91 Å². The fourth-order valence-electron chi connectivity index (χ4n) is 4.25. The third-order valence-electron chi connectivity index (χ3n) is 5.91. The molecule has 1 N–H and O–H groups in total. The second-order valence-corrected chi connectivity index (χ2v) is 8.24. The molecule has 1 aliphatic heterocycles. The lowest BCUT2D eigenvalue weighted by molar-refractivity contribution is 0.0743. The van der Waals surface area contributed by atoms with Crippen molar-refractivity contribution in [3.8, 4) is 22.8 Å². The summed E-state index contributed by atoms with van der Waals surface area (Å²) in [5.41, 5.74) is 5.48. The van der Waals surface area contributed by atoms with Crippen molar-refractivity contribution in [2.24, 2.45) is 0 Å². The number of rotatable bonds is 9. The fraction of sp³-hybridized carbons (Fsp3) is 0.385. The lowest BCUT2D eigenvalue weighted by Gasteiger charge is -2.26. The first-order chi connectivity index (χ1) is 15.6. The van der Waals surface area contributed by atoms with Crippen molar-refractivity contribution in [1.29, 1.82) is 0 Å². The molecule has 0 spiro atoms. The molecule has 0 radical (unpaired) electrons. The van der Waals surface area contributed by atoms with Crippen LogP contribution in [-0.4, -0.2) is 41.3 Å². The molecular formula is C26H31N3O3. The van der Waals surface area contributed by atoms with Gasteiger partial charge in [-0.15, -0.1) is 0 Å². The van der Waals surface area contributed by atoms with E-state index < -0.39 is 0 Å². The van der Waals surface area contributed by atoms with Gasteiger partial charge in [0.15, 0.2) is 11.5 Å². The molecule has 0 saturated carbocycles. The molecule has 0 saturated heterocycles. The number of unbranched alkanes of at least 4 members (excludes halogenated alkanes) is 1. The Balaban J connectivity index is 1.78. The molecule has 6 nitrogen and oxygen atoms in total. The number of hydrogen-bond acceptors (Lipinski definition) is 4. The van der Waals surface area contributed by atoms with Gasteiger partial charge in [-0.05, 0) is 37.5 Å². The molecule has 4 rings (SSSR count). The summed E-state index contributed by atoms with van der Waals surface area (Å²) in [7, 11) is 1.65. The second kappa shape index (κ2) is 9.47. The van der Waals surface area contributed by atoms with E-state index in [1.165, 1.54) is 5.56 Å². The predicted molar refractivity (Wildman–Crippen MR) is 125 cm³/mol. The Kier molecular flexibility index (Phi) is 6.49. The Morgan fingerprint density at radius 1 is 1.06 bits per heavy atom. The van der Waals surface area contributed by atoms with E-state index in [0.29, 0.717) is 24.6 Å². The SMILES string of the molecule is CCCCOc1ccc(C2c3c(-c4ccc(C)cc4)n[nH]c3C(=O)N2CCC)cc1OC. The molecule has 1 unspecified atom stereocenters. The number of aromatic nitrogens is 2. The average Bonchev–Trinajstić information content (AvgIpc) is 3.34. The van der Waals surface area contributed by atoms with E-state index in [1.807, 2.05) is 23.1 Å². The summed E-state index contributed by atoms with van der Waals surface area (Å²) in [5.74, 6) is 1.39. The summed E-state index contributed by atoms with van der Waals surface area (Å²) >= 11 is 0. The van der Waals surface area contributed by atoms with Gasteiger partial charge in [-0.2, -0.15) is 5.10 Å². The van der Waals surface area contributed by atoms with E-state index in [2.05, 4.69) is 55.2 Å². The van der Waals surface area contributed by atoms with E-state index in [9.17, 15) is 4.79 Å². The average molecular weight is 434 g/mol. The smallest absolute Gasteiger partial charge is 0.273 e. The molecular weight excluding hydrogens is 402 g/mol. The van der Waals surface area contributed by atoms with Crippen LogP contribution in [0.25, 0.3) is 11.3 Å². The maximum atomic E-state index is 13.3. The van der Waals surface area contributed by atoms with Gasteiger partial charge in [-0.3, -0.25) is 9.89 Å². The molecule has 168 valence electrons. The van der Waals surface area contributed by atoms with Gasteiger partial charge in [0.25, 0.3) is 5.91 Å². The topological polar surface area (TPSA) is 67.5 Å². The highest BCUT2D eigenvalue weighted by atomic mass is 16.5. The largest absolute Gasteiger partial charge is 0.493 e. The summed E-state index contributed by atoms with van der Waals surface area (Å²) in [5, 5.41) is 7.55. The monoisotopic (exact) mass is 433 g/mol. The molecule has 1 aromatic heterocycles. The van der Waals surface area contributed by atoms with Crippen LogP contribution in [0, 0.1) is 6.92 Å². The molecule has 3 aromatic rings. The van der Waals surface area contributed by atoms with Gasteiger partial charge in [0.2, 0.25) is 0 Å². The number of fused-ring (bicyclic) bond motifs is 1. The zero-order valence-electron chi connectivity index (χ0n) is 19.3. The summed E-state index contributed by atoms with van der Waals surface area (Å²) in [6, 6.07) is 14.0. The third-order valence-corrected chi connectivity index (χ3v) is 5.91. The minimum Gasteiger partial charge on any atom is -0.493 e. The van der Waals surface area contributed by atoms with Gasteiger partial charge in [0.1, 0.15) is 5.69 Å². The Bertz CT molecular complexity index is 1090. The van der Waals surface area contributed by atoms with E-state index in [0.717, 1.165) is 47.4 Å². The molecule has 6 heteroatoms. The van der Waals surface area contributed by atoms with Crippen LogP contribution in [-0.2, 0) is 0 Å². The van der Waals surface area contributed by atoms with Crippen LogP contribution in [0.5, 0.6) is 11.5 Å². The standard InChI is InChI=1S/C26H31N3O3/c1-5-7-15-32-20-13-12-19(16-21(20)31-4)25-22-23(18-10-8-17(3)9-11-18)27-28-24(22)26(30)29(25)14-6-2/h8-13,16,25H,5-7,14-15H2,1-4H3,(H,27,28). The molecule has 0 aliphatic carbocycles. The number of amides is 1. The highest BCUT2D eigenvalue weighted by Crippen LogP contribution is 2.44. The van der Waals surface area contributed by atoms with E-state index in [-0.39, 0.29) is 11.9 Å². The van der Waals surface area contributed by atoms with Crippen LogP contribution in [0.3, 0.4) is 0 Å². The molecule has 32 heavy (non-hydrogen) atoms. The summed E-state index contributed by atoms with van der Waals surface area (Å²) in [6.45, 7) is 7.60. The molecule has 1 atom stereocenters. The van der Waals surface area contributed by atoms with Crippen molar-refractivity contribution in [1.82, 2.24) is 15.1 Å². The number of nitrogens with one attached hydrogen (secondary N) is 1. The molecule has 0 fully saturated rings. The zero-order valence-corrected chi connectivity index (χ0v) is 19.3. The zero-order chi connectivity index (χ0) is 22.7. The Morgan fingerprint density at radius 3 is 2.53 bits per heavy atom. The van der Waals surface area contributed by atoms with E-state index >= 15 is 0 Å². The van der Waals surface area contributed by atoms with Crippen LogP contribution < -0.4 is 9.47 Å². The number of aromatic amines is 1. The first-order valence-electron chi connectivity index (χ1n) is 11.4. The lowest BCUT2D eigenvalue weighted by atomic mass is 9.95. The van der Waals surface area contributed by atoms with E-state index in [4.69, 9.17) is 9.47 Å². The van der Waals surface area contributed by atoms with Crippen molar-refractivity contribution in [3.63, 3.8) is 0 Å². The van der Waals surface area contributed by atoms with Gasteiger partial charge in [0.05, 0.1) is 25.5 Å². The minimum atomic E-state index is -0.230. The Labute approximate surface area is 189 Å². The predicted octanol–water partition coefficient (Wildman–Crippen LogP) is 5.53. The third kappa shape index (κ3) is 3.97. The number of benzene rings is 2. The molecule has 2 aromatic carbocycles. The Hall–Kier alpha value is -3.28. The normalized spacial score (nSPS) is 15.2. The number of H-pyrrole nitrogens is 1. The van der Waals surface area contributed by atoms with Gasteiger partial charge >= 0.3 is 0 Å². The maximum Gasteiger partial charge on any atom is 0.273 e. The maximum absolute atomic E-state index is 13.3. The van der Waals surface area contributed by atoms with Crippen molar-refractivity contribution < 1.29 is 14.3 Å². The van der Waals surface area contributed by atoms with Crippen LogP contribution in [0.1, 0.15) is 66.3 Å². The minimum absolute atomic E-state index is 0.0139. The van der Waals surface area contributed by atoms with Gasteiger partial charge in [0, 0.05) is 17.7 Å². The highest BCUT2D eigenvalue weighted by molar-refractivity contribution is 6.00. The number of nitrogens with zero attached hydrogens (tertiary/aromatic N) is 2. The van der Waals surface area contributed by atoms with Crippen LogP contribution in [0.15, 0.2) is 42.5 Å². The summed E-state index contributed by atoms with van der Waals surface area (Å²) in [6.07, 6.45) is 2.93. The molecule has 0 bridgehead atoms. The number of hydrogen-bond donors (Lipinski definition) is 1. The molecule has 1 aliphatic rings. The van der Waals surface area contributed by atoms with Crippen molar-refractivity contribution in [2.75, 3.05) is 20.3 Å². The highest BCUT2D eigenvalue weighted by Gasteiger charge is 2.42. The second-order valence-electron chi connectivity index (χ2n) is 8.24. The van der Waals surface area contributed by atoms with Crippen LogP contribution in [0.2, 0.25) is 0 Å². The van der Waals surface area contributed by atoms with Gasteiger partial charge in [-0.1, -0.05) is 56.2 Å². The van der Waals surface area contributed by atoms with Crippen molar-refractivity contribution in [2.45, 2.75) is 46.1 Å². The first-order valence-corrected chi connectivity index (χ1v) is 11.4. The summed E-state index contributed by atoms with van der Waals surface area (Å²) < 4.78 is 11.6. The lowest BCUT2D eigenvalue weighted by Crippen LogP contribution is -2.30. The molecule has 1 amide bonds. The van der Waals surface area contributed by atoms with Gasteiger partial charge in [-0.25, -0.2) is 0 Å². The Morgan fingerprint density at radius 2 is 1.84 bits per heavy atom. The summed E-state index contributed by atoms with van der Waals surface area (Å²) in [4.78, 5) is 15.2. The van der Waals surface area contributed by atoms with Gasteiger partial charge < -0.3 is 14.4 Å². The van der Waals surface area contributed by atoms with E-state index in [1.54, 1.807) is 7.11 Å². The first kappa shape index (κ1) is 21.9. The number of carbonyl (C=O) groups is 1. The molecule has 2 heterocycles.